The first kappa shape index (κ1) is 34.7. The molecule has 0 radical (unpaired) electrons. The Morgan fingerprint density at radius 2 is 1.78 bits per heavy atom. The van der Waals surface area contributed by atoms with E-state index in [9.17, 15) is 9.18 Å². The number of benzene rings is 2. The Hall–Kier alpha value is -4.12. The highest BCUT2D eigenvalue weighted by atomic mass is 19.1. The summed E-state index contributed by atoms with van der Waals surface area (Å²) in [5.74, 6) is 1.74. The van der Waals surface area contributed by atoms with E-state index in [0.717, 1.165) is 51.7 Å². The number of amides is 1. The second-order valence-electron chi connectivity index (χ2n) is 11.8. The zero-order valence-electron chi connectivity index (χ0n) is 27.6. The molecular formula is C35H48FN5O5. The van der Waals surface area contributed by atoms with Crippen molar-refractivity contribution >= 4 is 29.2 Å². The number of rotatable bonds is 17. The Labute approximate surface area is 272 Å². The molecule has 4 rings (SSSR count). The first-order valence-electron chi connectivity index (χ1n) is 16.3. The number of ether oxygens (including phenoxy) is 4. The van der Waals surface area contributed by atoms with Crippen molar-refractivity contribution in [2.24, 2.45) is 5.92 Å². The molecule has 46 heavy (non-hydrogen) atoms. The van der Waals surface area contributed by atoms with Crippen LogP contribution in [0.4, 0.5) is 32.3 Å². The number of unbranched alkanes of at least 4 members (excludes halogenated alkanes) is 2. The van der Waals surface area contributed by atoms with E-state index >= 15 is 0 Å². The second-order valence-corrected chi connectivity index (χ2v) is 11.8. The molecule has 0 spiro atoms. The van der Waals surface area contributed by atoms with Crippen LogP contribution in [0.1, 0.15) is 65.2 Å². The summed E-state index contributed by atoms with van der Waals surface area (Å²) >= 11 is 0. The summed E-state index contributed by atoms with van der Waals surface area (Å²) in [7, 11) is 3.07. The van der Waals surface area contributed by atoms with Crippen molar-refractivity contribution in [3.05, 3.63) is 54.5 Å². The number of carbonyl (C=O) groups excluding carboxylic acids is 1. The number of aromatic nitrogens is 2. The number of nitrogens with one attached hydrogen (secondary N) is 1. The predicted octanol–water partition coefficient (Wildman–Crippen LogP) is 8.12. The number of piperidine rings is 1. The third-order valence-electron chi connectivity index (χ3n) is 7.84. The van der Waals surface area contributed by atoms with Gasteiger partial charge in [-0.1, -0.05) is 39.5 Å². The van der Waals surface area contributed by atoms with Crippen LogP contribution in [0, 0.1) is 11.7 Å². The molecule has 1 fully saturated rings. The number of carbonyl (C=O) groups is 1. The SMILES string of the molecule is COc1ccc(N(C(=O)OCCCCCC(C)C)c2ccnc(Nc3ccc(OCCCN4CCCCC4)c(F)c3)n2)c(OC)c1. The molecule has 1 amide bonds. The monoisotopic (exact) mass is 637 g/mol. The van der Waals surface area contributed by atoms with E-state index in [1.54, 1.807) is 43.5 Å². The van der Waals surface area contributed by atoms with Crippen LogP contribution in [0.15, 0.2) is 48.7 Å². The number of hydrogen-bond donors (Lipinski definition) is 1. The van der Waals surface area contributed by atoms with Crippen LogP contribution in [-0.4, -0.2) is 68.0 Å². The minimum absolute atomic E-state index is 0.172. The van der Waals surface area contributed by atoms with Crippen LogP contribution in [-0.2, 0) is 4.74 Å². The lowest BCUT2D eigenvalue weighted by molar-refractivity contribution is 0.153. The van der Waals surface area contributed by atoms with Gasteiger partial charge in [-0.2, -0.15) is 4.98 Å². The highest BCUT2D eigenvalue weighted by Crippen LogP contribution is 2.37. The van der Waals surface area contributed by atoms with Gasteiger partial charge in [-0.05, 0) is 69.0 Å². The van der Waals surface area contributed by atoms with Crippen molar-refractivity contribution in [2.75, 3.05) is 57.3 Å². The van der Waals surface area contributed by atoms with E-state index in [1.807, 2.05) is 0 Å². The minimum Gasteiger partial charge on any atom is -0.497 e. The molecule has 1 saturated heterocycles. The summed E-state index contributed by atoms with van der Waals surface area (Å²) in [5, 5.41) is 3.04. The van der Waals surface area contributed by atoms with Gasteiger partial charge < -0.3 is 29.2 Å². The van der Waals surface area contributed by atoms with E-state index in [1.165, 1.54) is 43.5 Å². The second kappa shape index (κ2) is 18.1. The number of likely N-dealkylation sites (tertiary alicyclic amines) is 1. The topological polar surface area (TPSA) is 98.3 Å². The zero-order valence-corrected chi connectivity index (χ0v) is 27.6. The maximum Gasteiger partial charge on any atom is 0.420 e. The highest BCUT2D eigenvalue weighted by Gasteiger charge is 2.25. The van der Waals surface area contributed by atoms with Gasteiger partial charge in [-0.25, -0.2) is 19.1 Å². The molecule has 0 saturated carbocycles. The van der Waals surface area contributed by atoms with Crippen molar-refractivity contribution in [1.82, 2.24) is 14.9 Å². The smallest absolute Gasteiger partial charge is 0.420 e. The molecule has 0 aliphatic carbocycles. The van der Waals surface area contributed by atoms with Crippen molar-refractivity contribution < 1.29 is 28.1 Å². The third-order valence-corrected chi connectivity index (χ3v) is 7.84. The Bertz CT molecular complexity index is 1390. The average Bonchev–Trinajstić information content (AvgIpc) is 3.06. The van der Waals surface area contributed by atoms with E-state index in [0.29, 0.717) is 35.4 Å². The van der Waals surface area contributed by atoms with Gasteiger partial charge >= 0.3 is 6.09 Å². The molecule has 1 N–H and O–H groups in total. The van der Waals surface area contributed by atoms with Crippen LogP contribution in [0.5, 0.6) is 17.2 Å². The van der Waals surface area contributed by atoms with Crippen LogP contribution in [0.3, 0.4) is 0 Å². The van der Waals surface area contributed by atoms with Gasteiger partial charge in [-0.15, -0.1) is 0 Å². The summed E-state index contributed by atoms with van der Waals surface area (Å²) in [4.78, 5) is 26.2. The Balaban J connectivity index is 1.44. The van der Waals surface area contributed by atoms with Crippen molar-refractivity contribution in [3.8, 4) is 17.2 Å². The van der Waals surface area contributed by atoms with Crippen LogP contribution >= 0.6 is 0 Å². The fourth-order valence-electron chi connectivity index (χ4n) is 5.35. The lowest BCUT2D eigenvalue weighted by atomic mass is 10.1. The highest BCUT2D eigenvalue weighted by molar-refractivity contribution is 5.97. The fourth-order valence-corrected chi connectivity index (χ4v) is 5.35. The standard InChI is InChI=1S/C35H48FN5O5/c1-26(2)12-7-5-10-22-46-35(42)41(30-15-14-28(43-3)25-32(30)44-4)33-17-18-37-34(39-33)38-27-13-16-31(29(36)24-27)45-23-11-21-40-19-8-6-9-20-40/h13-18,24-26H,5-12,19-23H2,1-4H3,(H,37,38,39). The summed E-state index contributed by atoms with van der Waals surface area (Å²) < 4.78 is 37.3. The van der Waals surface area contributed by atoms with Gasteiger partial charge in [0.25, 0.3) is 0 Å². The van der Waals surface area contributed by atoms with Gasteiger partial charge in [0.1, 0.15) is 17.3 Å². The molecule has 2 heterocycles. The van der Waals surface area contributed by atoms with Gasteiger partial charge in [0.05, 0.1) is 33.1 Å². The normalized spacial score (nSPS) is 13.3. The first-order chi connectivity index (χ1) is 22.4. The van der Waals surface area contributed by atoms with Crippen molar-refractivity contribution in [1.29, 1.82) is 0 Å². The number of hydrogen-bond acceptors (Lipinski definition) is 9. The van der Waals surface area contributed by atoms with E-state index < -0.39 is 11.9 Å². The summed E-state index contributed by atoms with van der Waals surface area (Å²) in [6.07, 6.45) is 9.49. The molecular weight excluding hydrogens is 589 g/mol. The van der Waals surface area contributed by atoms with Gasteiger partial charge in [0, 0.05) is 36.6 Å². The largest absolute Gasteiger partial charge is 0.497 e. The summed E-state index contributed by atoms with van der Waals surface area (Å²) in [5.41, 5.74) is 0.860. The predicted molar refractivity (Wildman–Crippen MR) is 178 cm³/mol. The van der Waals surface area contributed by atoms with Gasteiger partial charge in [0.15, 0.2) is 11.6 Å². The minimum atomic E-state index is -0.607. The van der Waals surface area contributed by atoms with Crippen molar-refractivity contribution in [2.45, 2.75) is 65.2 Å². The molecule has 0 unspecified atom stereocenters. The molecule has 0 bridgehead atoms. The number of methoxy groups -OCH3 is 2. The van der Waals surface area contributed by atoms with Crippen LogP contribution in [0.25, 0.3) is 0 Å². The Morgan fingerprint density at radius 3 is 2.52 bits per heavy atom. The molecule has 2 aromatic carbocycles. The summed E-state index contributed by atoms with van der Waals surface area (Å²) in [6.45, 7) is 8.33. The van der Waals surface area contributed by atoms with E-state index in [-0.39, 0.29) is 24.1 Å². The number of anilines is 4. The van der Waals surface area contributed by atoms with Gasteiger partial charge in [-0.3, -0.25) is 0 Å². The number of nitrogens with zero attached hydrogens (tertiary/aromatic N) is 4. The average molecular weight is 638 g/mol. The molecule has 10 nitrogen and oxygen atoms in total. The van der Waals surface area contributed by atoms with Gasteiger partial charge in [0.2, 0.25) is 5.95 Å². The lowest BCUT2D eigenvalue weighted by Crippen LogP contribution is -2.31. The van der Waals surface area contributed by atoms with E-state index in [4.69, 9.17) is 18.9 Å². The fraction of sp³-hybridized carbons (Fsp3) is 0.514. The molecule has 11 heteroatoms. The molecule has 1 aliphatic rings. The molecule has 1 aromatic heterocycles. The maximum absolute atomic E-state index is 14.9. The number of halogens is 1. The lowest BCUT2D eigenvalue weighted by Gasteiger charge is -2.26. The van der Waals surface area contributed by atoms with Crippen molar-refractivity contribution in [3.63, 3.8) is 0 Å². The Morgan fingerprint density at radius 1 is 0.957 bits per heavy atom. The quantitative estimate of drug-likeness (QED) is 0.147. The molecule has 3 aromatic rings. The first-order valence-corrected chi connectivity index (χ1v) is 16.3. The molecule has 250 valence electrons. The Kier molecular flexibility index (Phi) is 13.7. The zero-order chi connectivity index (χ0) is 32.7. The third kappa shape index (κ3) is 10.5. The van der Waals surface area contributed by atoms with E-state index in [2.05, 4.69) is 34.0 Å². The summed E-state index contributed by atoms with van der Waals surface area (Å²) in [6, 6.07) is 11.4. The van der Waals surface area contributed by atoms with Crippen LogP contribution in [0.2, 0.25) is 0 Å². The van der Waals surface area contributed by atoms with Crippen LogP contribution < -0.4 is 24.4 Å². The maximum atomic E-state index is 14.9. The molecule has 0 atom stereocenters. The molecule has 1 aliphatic heterocycles.